The maximum Gasteiger partial charge on any atom is 0.324 e. The van der Waals surface area contributed by atoms with E-state index in [0.717, 1.165) is 23.3 Å². The Kier molecular flexibility index (Phi) is 6.24. The Morgan fingerprint density at radius 2 is 2.00 bits per heavy atom. The molecule has 2 heterocycles. The van der Waals surface area contributed by atoms with Crippen LogP contribution in [0.25, 0.3) is 11.4 Å². The van der Waals surface area contributed by atoms with Crippen molar-refractivity contribution in [2.45, 2.75) is 44.7 Å². The van der Waals surface area contributed by atoms with Crippen molar-refractivity contribution in [1.29, 1.82) is 0 Å². The molecule has 1 aliphatic carbocycles. The first-order valence-electron chi connectivity index (χ1n) is 11.4. The molecule has 3 aromatic rings. The largest absolute Gasteiger partial charge is 0.494 e. The lowest BCUT2D eigenvalue weighted by molar-refractivity contribution is -0.137. The molecule has 0 radical (unpaired) electrons. The van der Waals surface area contributed by atoms with E-state index >= 15 is 0 Å². The van der Waals surface area contributed by atoms with Crippen molar-refractivity contribution in [3.8, 4) is 17.1 Å². The number of ether oxygens (including phenoxy) is 1. The lowest BCUT2D eigenvalue weighted by atomic mass is 9.76. The molecule has 5 rings (SSSR count). The summed E-state index contributed by atoms with van der Waals surface area (Å²) in [6.45, 7) is 2.73. The van der Waals surface area contributed by atoms with Crippen LogP contribution in [0.3, 0.4) is 0 Å². The van der Waals surface area contributed by atoms with Crippen LogP contribution in [-0.4, -0.2) is 39.6 Å². The summed E-state index contributed by atoms with van der Waals surface area (Å²) in [7, 11) is 0. The number of amides is 3. The molecule has 8 nitrogen and oxygen atoms in total. The van der Waals surface area contributed by atoms with E-state index in [1.54, 1.807) is 12.1 Å². The number of imide groups is 1. The Balaban J connectivity index is 1.26. The van der Waals surface area contributed by atoms with Gasteiger partial charge < -0.3 is 14.6 Å². The number of fused-ring (bicyclic) bond motifs is 1. The SMILES string of the molecule is CCOc1cccc(-c2noc(C3CCC4C(=O)N(Cc5ccc(Cl)cc5)C(=O)NC4C3)n2)c1. The zero-order chi connectivity index (χ0) is 23.7. The van der Waals surface area contributed by atoms with Gasteiger partial charge in [0, 0.05) is 22.5 Å². The Labute approximate surface area is 202 Å². The molecule has 1 aromatic heterocycles. The highest BCUT2D eigenvalue weighted by Crippen LogP contribution is 2.38. The highest BCUT2D eigenvalue weighted by atomic mass is 35.5. The molecular formula is C25H25ClN4O4. The first-order valence-corrected chi connectivity index (χ1v) is 11.8. The van der Waals surface area contributed by atoms with E-state index in [-0.39, 0.29) is 36.4 Å². The molecule has 1 saturated heterocycles. The topological polar surface area (TPSA) is 97.6 Å². The average Bonchev–Trinajstić information content (AvgIpc) is 3.33. The summed E-state index contributed by atoms with van der Waals surface area (Å²) in [4.78, 5) is 31.8. The number of rotatable bonds is 6. The van der Waals surface area contributed by atoms with Crippen LogP contribution in [0.4, 0.5) is 4.79 Å². The third kappa shape index (κ3) is 4.50. The van der Waals surface area contributed by atoms with Gasteiger partial charge in [-0.05, 0) is 56.0 Å². The smallest absolute Gasteiger partial charge is 0.324 e. The minimum absolute atomic E-state index is 0.0199. The number of benzene rings is 2. The monoisotopic (exact) mass is 480 g/mol. The van der Waals surface area contributed by atoms with E-state index in [4.69, 9.17) is 20.9 Å². The Bertz CT molecular complexity index is 1200. The predicted octanol–water partition coefficient (Wildman–Crippen LogP) is 4.79. The van der Waals surface area contributed by atoms with Gasteiger partial charge in [-0.2, -0.15) is 4.98 Å². The fraction of sp³-hybridized carbons (Fsp3) is 0.360. The summed E-state index contributed by atoms with van der Waals surface area (Å²) in [5, 5.41) is 7.79. The molecule has 0 spiro atoms. The van der Waals surface area contributed by atoms with Crippen molar-refractivity contribution in [2.75, 3.05) is 6.61 Å². The number of carbonyl (C=O) groups is 2. The summed E-state index contributed by atoms with van der Waals surface area (Å²) < 4.78 is 11.1. The highest BCUT2D eigenvalue weighted by Gasteiger charge is 2.45. The zero-order valence-corrected chi connectivity index (χ0v) is 19.5. The fourth-order valence-corrected chi connectivity index (χ4v) is 4.84. The van der Waals surface area contributed by atoms with Gasteiger partial charge >= 0.3 is 6.03 Å². The molecule has 3 unspecified atom stereocenters. The molecule has 176 valence electrons. The molecule has 1 aliphatic heterocycles. The minimum atomic E-state index is -0.374. The van der Waals surface area contributed by atoms with Gasteiger partial charge in [-0.25, -0.2) is 4.79 Å². The molecule has 1 saturated carbocycles. The quantitative estimate of drug-likeness (QED) is 0.544. The van der Waals surface area contributed by atoms with Gasteiger partial charge in [0.15, 0.2) is 0 Å². The third-order valence-corrected chi connectivity index (χ3v) is 6.69. The van der Waals surface area contributed by atoms with Gasteiger partial charge in [0.05, 0.1) is 19.1 Å². The minimum Gasteiger partial charge on any atom is -0.494 e. The van der Waals surface area contributed by atoms with Crippen LogP contribution in [0, 0.1) is 5.92 Å². The standard InChI is InChI=1S/C25H25ClN4O4/c1-2-33-19-5-3-4-16(12-19)22-28-23(34-29-22)17-8-11-20-21(13-17)27-25(32)30(24(20)31)14-15-6-9-18(26)10-7-15/h3-7,9-10,12,17,20-21H,2,8,11,13-14H2,1H3,(H,27,32). The van der Waals surface area contributed by atoms with Crippen LogP contribution in [0.5, 0.6) is 5.75 Å². The molecule has 34 heavy (non-hydrogen) atoms. The Hall–Kier alpha value is -3.39. The predicted molar refractivity (Wildman–Crippen MR) is 125 cm³/mol. The Morgan fingerprint density at radius 1 is 1.18 bits per heavy atom. The molecule has 2 aromatic carbocycles. The molecule has 3 amide bonds. The first kappa shape index (κ1) is 22.4. The number of nitrogens with zero attached hydrogens (tertiary/aromatic N) is 3. The molecule has 9 heteroatoms. The number of hydrogen-bond donors (Lipinski definition) is 1. The van der Waals surface area contributed by atoms with Crippen molar-refractivity contribution >= 4 is 23.5 Å². The summed E-state index contributed by atoms with van der Waals surface area (Å²) in [5.74, 6) is 1.36. The molecule has 3 atom stereocenters. The highest BCUT2D eigenvalue weighted by molar-refractivity contribution is 6.30. The van der Waals surface area contributed by atoms with Gasteiger partial charge in [0.25, 0.3) is 0 Å². The van der Waals surface area contributed by atoms with Gasteiger partial charge in [-0.1, -0.05) is 41.0 Å². The molecule has 1 N–H and O–H groups in total. The van der Waals surface area contributed by atoms with E-state index in [1.807, 2.05) is 43.3 Å². The van der Waals surface area contributed by atoms with Crippen LogP contribution in [0.1, 0.15) is 43.6 Å². The van der Waals surface area contributed by atoms with E-state index < -0.39 is 0 Å². The summed E-state index contributed by atoms with van der Waals surface area (Å²) in [6.07, 6.45) is 1.96. The molecule has 2 aliphatic rings. The average molecular weight is 481 g/mol. The molecular weight excluding hydrogens is 456 g/mol. The van der Waals surface area contributed by atoms with E-state index in [2.05, 4.69) is 15.5 Å². The lowest BCUT2D eigenvalue weighted by Crippen LogP contribution is -2.60. The number of aromatic nitrogens is 2. The number of hydrogen-bond acceptors (Lipinski definition) is 6. The van der Waals surface area contributed by atoms with Gasteiger partial charge in [0.1, 0.15) is 5.75 Å². The van der Waals surface area contributed by atoms with Crippen LogP contribution < -0.4 is 10.1 Å². The van der Waals surface area contributed by atoms with Gasteiger partial charge in [-0.15, -0.1) is 0 Å². The number of carbonyl (C=O) groups excluding carboxylic acids is 2. The maximum absolute atomic E-state index is 13.1. The van der Waals surface area contributed by atoms with Crippen LogP contribution >= 0.6 is 11.6 Å². The number of halogens is 1. The van der Waals surface area contributed by atoms with Crippen molar-refractivity contribution in [2.24, 2.45) is 5.92 Å². The number of urea groups is 1. The second-order valence-corrected chi connectivity index (χ2v) is 9.08. The van der Waals surface area contributed by atoms with Gasteiger partial charge in [-0.3, -0.25) is 9.69 Å². The number of nitrogens with one attached hydrogen (secondary N) is 1. The summed E-state index contributed by atoms with van der Waals surface area (Å²) in [5.41, 5.74) is 1.67. The van der Waals surface area contributed by atoms with E-state index in [9.17, 15) is 9.59 Å². The van der Waals surface area contributed by atoms with E-state index in [0.29, 0.717) is 36.2 Å². The van der Waals surface area contributed by atoms with E-state index in [1.165, 1.54) is 4.90 Å². The normalized spacial score (nSPS) is 22.3. The van der Waals surface area contributed by atoms with Crippen LogP contribution in [-0.2, 0) is 11.3 Å². The van der Waals surface area contributed by atoms with Crippen molar-refractivity contribution in [1.82, 2.24) is 20.4 Å². The molecule has 0 bridgehead atoms. The second-order valence-electron chi connectivity index (χ2n) is 8.64. The second kappa shape index (κ2) is 9.46. The first-order chi connectivity index (χ1) is 16.5. The van der Waals surface area contributed by atoms with Crippen LogP contribution in [0.15, 0.2) is 53.1 Å². The molecule has 2 fully saturated rings. The zero-order valence-electron chi connectivity index (χ0n) is 18.7. The van der Waals surface area contributed by atoms with Crippen molar-refractivity contribution in [3.05, 3.63) is 65.0 Å². The Morgan fingerprint density at radius 3 is 2.79 bits per heavy atom. The van der Waals surface area contributed by atoms with Crippen LogP contribution in [0.2, 0.25) is 5.02 Å². The maximum atomic E-state index is 13.1. The van der Waals surface area contributed by atoms with Crippen molar-refractivity contribution in [3.63, 3.8) is 0 Å². The third-order valence-electron chi connectivity index (χ3n) is 6.44. The lowest BCUT2D eigenvalue weighted by Gasteiger charge is -2.41. The summed E-state index contributed by atoms with van der Waals surface area (Å²) >= 11 is 5.94. The van der Waals surface area contributed by atoms with Gasteiger partial charge in [0.2, 0.25) is 17.6 Å². The summed E-state index contributed by atoms with van der Waals surface area (Å²) in [6, 6.07) is 14.1. The van der Waals surface area contributed by atoms with Crippen molar-refractivity contribution < 1.29 is 18.8 Å². The fourth-order valence-electron chi connectivity index (χ4n) is 4.72.